The molecule has 1 atom stereocenters. The molecular formula is C17H28BrN3. The monoisotopic (exact) mass is 353 g/mol. The van der Waals surface area contributed by atoms with Gasteiger partial charge in [-0.1, -0.05) is 29.8 Å². The summed E-state index contributed by atoms with van der Waals surface area (Å²) in [7, 11) is 4.46. The molecule has 1 N–H and O–H groups in total. The number of hydrogen-bond donors (Lipinski definition) is 1. The zero-order chi connectivity index (χ0) is 15.4. The van der Waals surface area contributed by atoms with Gasteiger partial charge in [-0.25, -0.2) is 0 Å². The Kier molecular flexibility index (Phi) is 6.08. The lowest BCUT2D eigenvalue weighted by atomic mass is 10.1. The topological polar surface area (TPSA) is 18.5 Å². The molecule has 1 heterocycles. The second-order valence-corrected chi connectivity index (χ2v) is 7.38. The highest BCUT2D eigenvalue weighted by atomic mass is 79.9. The first kappa shape index (κ1) is 16.8. The van der Waals surface area contributed by atoms with Gasteiger partial charge in [-0.15, -0.1) is 0 Å². The Morgan fingerprint density at radius 2 is 2.19 bits per heavy atom. The summed E-state index contributed by atoms with van der Waals surface area (Å²) in [6.07, 6.45) is 2.65. The summed E-state index contributed by atoms with van der Waals surface area (Å²) in [6, 6.07) is 7.80. The molecule has 0 aromatic heterocycles. The number of halogens is 1. The molecule has 2 rings (SSSR count). The lowest BCUT2D eigenvalue weighted by molar-refractivity contribution is 0.314. The van der Waals surface area contributed by atoms with Crippen LogP contribution in [-0.4, -0.2) is 44.2 Å². The molecular weight excluding hydrogens is 326 g/mol. The highest BCUT2D eigenvalue weighted by Crippen LogP contribution is 2.26. The Morgan fingerprint density at radius 3 is 2.81 bits per heavy atom. The van der Waals surface area contributed by atoms with Crippen molar-refractivity contribution in [3.8, 4) is 0 Å². The predicted octanol–water partition coefficient (Wildman–Crippen LogP) is 3.48. The highest BCUT2D eigenvalue weighted by molar-refractivity contribution is 9.10. The average molecular weight is 354 g/mol. The Morgan fingerprint density at radius 1 is 1.43 bits per heavy atom. The standard InChI is InChI=1S/C17H28BrN3/c1-13(2)19-11-14-10-15(18)7-8-17(14)21(4)12-16-6-5-9-20(16)3/h7-8,10,13,16,19H,5-6,9,11-12H2,1-4H3. The average Bonchev–Trinajstić information content (AvgIpc) is 2.82. The Bertz CT molecular complexity index is 461. The summed E-state index contributed by atoms with van der Waals surface area (Å²) >= 11 is 3.60. The lowest BCUT2D eigenvalue weighted by Crippen LogP contribution is -2.37. The van der Waals surface area contributed by atoms with Crippen LogP contribution in [0.2, 0.25) is 0 Å². The summed E-state index contributed by atoms with van der Waals surface area (Å²) in [5, 5.41) is 3.53. The van der Waals surface area contributed by atoms with Crippen LogP contribution in [0, 0.1) is 0 Å². The largest absolute Gasteiger partial charge is 0.373 e. The van der Waals surface area contributed by atoms with Crippen molar-refractivity contribution in [3.05, 3.63) is 28.2 Å². The summed E-state index contributed by atoms with van der Waals surface area (Å²) in [5.74, 6) is 0. The van der Waals surface area contributed by atoms with E-state index in [1.54, 1.807) is 0 Å². The van der Waals surface area contributed by atoms with Crippen molar-refractivity contribution in [2.45, 2.75) is 45.3 Å². The van der Waals surface area contributed by atoms with Crippen molar-refractivity contribution in [3.63, 3.8) is 0 Å². The van der Waals surface area contributed by atoms with Crippen LogP contribution in [0.4, 0.5) is 5.69 Å². The molecule has 1 aliphatic heterocycles. The van der Waals surface area contributed by atoms with Gasteiger partial charge < -0.3 is 15.1 Å². The first-order valence-electron chi connectivity index (χ1n) is 7.90. The highest BCUT2D eigenvalue weighted by Gasteiger charge is 2.22. The van der Waals surface area contributed by atoms with Crippen LogP contribution in [0.3, 0.4) is 0 Å². The first-order valence-corrected chi connectivity index (χ1v) is 8.70. The normalized spacial score (nSPS) is 19.4. The quantitative estimate of drug-likeness (QED) is 0.844. The number of nitrogens with one attached hydrogen (secondary N) is 1. The van der Waals surface area contributed by atoms with E-state index < -0.39 is 0 Å². The van der Waals surface area contributed by atoms with E-state index in [-0.39, 0.29) is 0 Å². The molecule has 1 aliphatic rings. The van der Waals surface area contributed by atoms with E-state index in [0.717, 1.165) is 17.6 Å². The van der Waals surface area contributed by atoms with Crippen LogP contribution in [0.15, 0.2) is 22.7 Å². The minimum absolute atomic E-state index is 0.503. The third-order valence-electron chi connectivity index (χ3n) is 4.31. The van der Waals surface area contributed by atoms with Crippen molar-refractivity contribution in [1.29, 1.82) is 0 Å². The van der Waals surface area contributed by atoms with Gasteiger partial charge in [-0.3, -0.25) is 0 Å². The van der Waals surface area contributed by atoms with Gasteiger partial charge in [0.25, 0.3) is 0 Å². The van der Waals surface area contributed by atoms with Crippen LogP contribution in [-0.2, 0) is 6.54 Å². The van der Waals surface area contributed by atoms with Crippen molar-refractivity contribution in [2.24, 2.45) is 0 Å². The molecule has 0 radical (unpaired) electrons. The summed E-state index contributed by atoms with van der Waals surface area (Å²) in [5.41, 5.74) is 2.70. The van der Waals surface area contributed by atoms with Crippen molar-refractivity contribution in [1.82, 2.24) is 10.2 Å². The van der Waals surface area contributed by atoms with Crippen LogP contribution < -0.4 is 10.2 Å². The number of benzene rings is 1. The molecule has 21 heavy (non-hydrogen) atoms. The summed E-state index contributed by atoms with van der Waals surface area (Å²) < 4.78 is 1.15. The van der Waals surface area contributed by atoms with Crippen LogP contribution in [0.1, 0.15) is 32.3 Å². The maximum Gasteiger partial charge on any atom is 0.0410 e. The third-order valence-corrected chi connectivity index (χ3v) is 4.80. The van der Waals surface area contributed by atoms with Crippen LogP contribution in [0.5, 0.6) is 0 Å². The van der Waals surface area contributed by atoms with E-state index in [9.17, 15) is 0 Å². The number of likely N-dealkylation sites (tertiary alicyclic amines) is 1. The maximum atomic E-state index is 3.60. The fourth-order valence-electron chi connectivity index (χ4n) is 3.01. The molecule has 0 saturated carbocycles. The summed E-state index contributed by atoms with van der Waals surface area (Å²) in [4.78, 5) is 4.90. The molecule has 0 spiro atoms. The molecule has 1 fully saturated rings. The van der Waals surface area contributed by atoms with E-state index in [0.29, 0.717) is 12.1 Å². The van der Waals surface area contributed by atoms with Gasteiger partial charge in [0, 0.05) is 42.4 Å². The molecule has 4 heteroatoms. The number of hydrogen-bond acceptors (Lipinski definition) is 3. The molecule has 3 nitrogen and oxygen atoms in total. The number of rotatable bonds is 6. The van der Waals surface area contributed by atoms with E-state index in [1.807, 2.05) is 0 Å². The second-order valence-electron chi connectivity index (χ2n) is 6.47. The molecule has 1 aromatic carbocycles. The van der Waals surface area contributed by atoms with Gasteiger partial charge in [-0.2, -0.15) is 0 Å². The number of anilines is 1. The van der Waals surface area contributed by atoms with Gasteiger partial charge in [0.15, 0.2) is 0 Å². The molecule has 0 amide bonds. The number of likely N-dealkylation sites (N-methyl/N-ethyl adjacent to an activating group) is 2. The predicted molar refractivity (Wildman–Crippen MR) is 95.0 cm³/mol. The Balaban J connectivity index is 2.09. The van der Waals surface area contributed by atoms with Gasteiger partial charge in [0.1, 0.15) is 0 Å². The Labute approximate surface area is 137 Å². The molecule has 118 valence electrons. The minimum Gasteiger partial charge on any atom is -0.373 e. The molecule has 1 aromatic rings. The number of nitrogens with zero attached hydrogens (tertiary/aromatic N) is 2. The van der Waals surface area contributed by atoms with Crippen LogP contribution in [0.25, 0.3) is 0 Å². The molecule has 1 saturated heterocycles. The Hall–Kier alpha value is -0.580. The second kappa shape index (κ2) is 7.61. The maximum absolute atomic E-state index is 3.60. The van der Waals surface area contributed by atoms with Gasteiger partial charge >= 0.3 is 0 Å². The minimum atomic E-state index is 0.503. The van der Waals surface area contributed by atoms with Crippen molar-refractivity contribution >= 4 is 21.6 Å². The third kappa shape index (κ3) is 4.70. The van der Waals surface area contributed by atoms with Gasteiger partial charge in [-0.05, 0) is 50.2 Å². The zero-order valence-electron chi connectivity index (χ0n) is 13.7. The lowest BCUT2D eigenvalue weighted by Gasteiger charge is -2.29. The smallest absolute Gasteiger partial charge is 0.0410 e. The van der Waals surface area contributed by atoms with Gasteiger partial charge in [0.2, 0.25) is 0 Å². The summed E-state index contributed by atoms with van der Waals surface area (Å²) in [6.45, 7) is 7.63. The first-order chi connectivity index (χ1) is 9.97. The van der Waals surface area contributed by atoms with Crippen molar-refractivity contribution in [2.75, 3.05) is 32.1 Å². The van der Waals surface area contributed by atoms with E-state index >= 15 is 0 Å². The van der Waals surface area contributed by atoms with Crippen molar-refractivity contribution < 1.29 is 0 Å². The molecule has 0 bridgehead atoms. The van der Waals surface area contributed by atoms with Crippen LogP contribution >= 0.6 is 15.9 Å². The van der Waals surface area contributed by atoms with E-state index in [4.69, 9.17) is 0 Å². The van der Waals surface area contributed by atoms with E-state index in [1.165, 1.54) is 30.6 Å². The zero-order valence-corrected chi connectivity index (χ0v) is 15.3. The van der Waals surface area contributed by atoms with E-state index in [2.05, 4.69) is 77.2 Å². The molecule has 0 aliphatic carbocycles. The van der Waals surface area contributed by atoms with Gasteiger partial charge in [0.05, 0.1) is 0 Å². The fourth-order valence-corrected chi connectivity index (χ4v) is 3.42. The molecule has 1 unspecified atom stereocenters. The fraction of sp³-hybridized carbons (Fsp3) is 0.647. The SMILES string of the molecule is CC(C)NCc1cc(Br)ccc1N(C)CC1CCCN1C.